The average molecular weight is 247 g/mol. The number of hydrogen-bond acceptors (Lipinski definition) is 3. The zero-order valence-corrected chi connectivity index (χ0v) is 9.04. The lowest BCUT2D eigenvalue weighted by molar-refractivity contribution is -0.274. The van der Waals surface area contributed by atoms with Crippen LogP contribution in [-0.4, -0.2) is 32.7 Å². The molecule has 6 heteroatoms. The smallest absolute Gasteiger partial charge is 0.404 e. The Morgan fingerprint density at radius 1 is 1.12 bits per heavy atom. The van der Waals surface area contributed by atoms with Crippen LogP contribution in [0.2, 0.25) is 0 Å². The van der Waals surface area contributed by atoms with Gasteiger partial charge in [-0.2, -0.15) is 0 Å². The summed E-state index contributed by atoms with van der Waals surface area (Å²) in [5, 5.41) is 0. The maximum atomic E-state index is 12.2. The summed E-state index contributed by atoms with van der Waals surface area (Å²) in [4.78, 5) is 1.82. The average Bonchev–Trinajstić information content (AvgIpc) is 2.29. The fourth-order valence-corrected chi connectivity index (χ4v) is 1.73. The van der Waals surface area contributed by atoms with Gasteiger partial charge in [0.25, 0.3) is 0 Å². The summed E-state index contributed by atoms with van der Waals surface area (Å²) in [7, 11) is 0. The van der Waals surface area contributed by atoms with E-state index in [1.165, 1.54) is 12.1 Å². The molecule has 0 amide bonds. The number of para-hydroxylation sites is 2. The second-order valence-electron chi connectivity index (χ2n) is 3.61. The van der Waals surface area contributed by atoms with E-state index in [4.69, 9.17) is 4.74 Å². The Kier molecular flexibility index (Phi) is 3.42. The predicted molar refractivity (Wildman–Crippen MR) is 56.2 cm³/mol. The Morgan fingerprint density at radius 2 is 1.76 bits per heavy atom. The Balaban J connectivity index is 2.20. The zero-order chi connectivity index (χ0) is 12.3. The fourth-order valence-electron chi connectivity index (χ4n) is 1.73. The molecule has 1 aromatic rings. The summed E-state index contributed by atoms with van der Waals surface area (Å²) in [6.07, 6.45) is -4.66. The van der Waals surface area contributed by atoms with Crippen LogP contribution in [0.3, 0.4) is 0 Å². The lowest BCUT2D eigenvalue weighted by Crippen LogP contribution is -2.36. The molecular formula is C11H12F3NO2. The molecule has 0 unspecified atom stereocenters. The van der Waals surface area contributed by atoms with Crippen molar-refractivity contribution in [1.29, 1.82) is 0 Å². The lowest BCUT2D eigenvalue weighted by atomic mass is 10.2. The van der Waals surface area contributed by atoms with Crippen LogP contribution in [0.25, 0.3) is 0 Å². The van der Waals surface area contributed by atoms with Crippen molar-refractivity contribution in [2.45, 2.75) is 6.36 Å². The number of alkyl halides is 3. The quantitative estimate of drug-likeness (QED) is 0.801. The first kappa shape index (κ1) is 12.0. The SMILES string of the molecule is FC(F)(F)Oc1ccccc1N1CCOCC1. The molecule has 0 aliphatic carbocycles. The first-order chi connectivity index (χ1) is 8.06. The van der Waals surface area contributed by atoms with E-state index >= 15 is 0 Å². The van der Waals surface area contributed by atoms with E-state index in [9.17, 15) is 13.2 Å². The van der Waals surface area contributed by atoms with E-state index in [1.54, 1.807) is 12.1 Å². The summed E-state index contributed by atoms with van der Waals surface area (Å²) in [5.74, 6) is -0.165. The van der Waals surface area contributed by atoms with Crippen molar-refractivity contribution in [2.24, 2.45) is 0 Å². The van der Waals surface area contributed by atoms with Crippen LogP contribution >= 0.6 is 0 Å². The molecule has 0 spiro atoms. The van der Waals surface area contributed by atoms with Crippen LogP contribution in [0.5, 0.6) is 5.75 Å². The molecular weight excluding hydrogens is 235 g/mol. The van der Waals surface area contributed by atoms with Gasteiger partial charge < -0.3 is 14.4 Å². The van der Waals surface area contributed by atoms with Gasteiger partial charge in [0.05, 0.1) is 18.9 Å². The van der Waals surface area contributed by atoms with Crippen molar-refractivity contribution < 1.29 is 22.6 Å². The normalized spacial score (nSPS) is 17.0. The fraction of sp³-hybridized carbons (Fsp3) is 0.455. The summed E-state index contributed by atoms with van der Waals surface area (Å²) in [6.45, 7) is 2.16. The van der Waals surface area contributed by atoms with E-state index in [2.05, 4.69) is 4.74 Å². The summed E-state index contributed by atoms with van der Waals surface area (Å²) >= 11 is 0. The Labute approximate surface area is 96.7 Å². The molecule has 1 saturated heterocycles. The number of nitrogens with zero attached hydrogens (tertiary/aromatic N) is 1. The monoisotopic (exact) mass is 247 g/mol. The van der Waals surface area contributed by atoms with E-state index in [0.29, 0.717) is 32.0 Å². The number of halogens is 3. The van der Waals surface area contributed by atoms with Crippen molar-refractivity contribution in [1.82, 2.24) is 0 Å². The lowest BCUT2D eigenvalue weighted by Gasteiger charge is -2.30. The highest BCUT2D eigenvalue weighted by atomic mass is 19.4. The topological polar surface area (TPSA) is 21.7 Å². The number of morpholine rings is 1. The van der Waals surface area contributed by atoms with Crippen LogP contribution in [0.4, 0.5) is 18.9 Å². The molecule has 2 rings (SSSR count). The van der Waals surface area contributed by atoms with Gasteiger partial charge in [0.1, 0.15) is 0 Å². The molecule has 17 heavy (non-hydrogen) atoms. The Morgan fingerprint density at radius 3 is 2.41 bits per heavy atom. The molecule has 1 heterocycles. The largest absolute Gasteiger partial charge is 0.573 e. The van der Waals surface area contributed by atoms with Crippen LogP contribution in [-0.2, 0) is 4.74 Å². The van der Waals surface area contributed by atoms with Gasteiger partial charge in [-0.3, -0.25) is 0 Å². The van der Waals surface area contributed by atoms with E-state index in [-0.39, 0.29) is 5.75 Å². The van der Waals surface area contributed by atoms with Gasteiger partial charge >= 0.3 is 6.36 Å². The van der Waals surface area contributed by atoms with Crippen molar-refractivity contribution >= 4 is 5.69 Å². The number of hydrogen-bond donors (Lipinski definition) is 0. The molecule has 0 saturated carbocycles. The van der Waals surface area contributed by atoms with Crippen molar-refractivity contribution in [2.75, 3.05) is 31.2 Å². The van der Waals surface area contributed by atoms with Gasteiger partial charge in [-0.15, -0.1) is 13.2 Å². The highest BCUT2D eigenvalue weighted by Crippen LogP contribution is 2.32. The maximum absolute atomic E-state index is 12.2. The van der Waals surface area contributed by atoms with Gasteiger partial charge in [-0.25, -0.2) is 0 Å². The maximum Gasteiger partial charge on any atom is 0.573 e. The second-order valence-corrected chi connectivity index (χ2v) is 3.61. The molecule has 1 aliphatic rings. The molecule has 0 atom stereocenters. The highest BCUT2D eigenvalue weighted by Gasteiger charge is 2.32. The minimum Gasteiger partial charge on any atom is -0.404 e. The number of benzene rings is 1. The summed E-state index contributed by atoms with van der Waals surface area (Å²) < 4.78 is 45.8. The van der Waals surface area contributed by atoms with Gasteiger partial charge in [-0.05, 0) is 12.1 Å². The van der Waals surface area contributed by atoms with E-state index in [0.717, 1.165) is 0 Å². The first-order valence-corrected chi connectivity index (χ1v) is 5.24. The van der Waals surface area contributed by atoms with Crippen molar-refractivity contribution in [3.8, 4) is 5.75 Å². The third kappa shape index (κ3) is 3.26. The van der Waals surface area contributed by atoms with Crippen molar-refractivity contribution in [3.05, 3.63) is 24.3 Å². The molecule has 0 radical (unpaired) electrons. The van der Waals surface area contributed by atoms with Crippen LogP contribution in [0, 0.1) is 0 Å². The molecule has 0 aromatic heterocycles. The van der Waals surface area contributed by atoms with Crippen LogP contribution < -0.4 is 9.64 Å². The molecule has 1 aliphatic heterocycles. The molecule has 1 aromatic carbocycles. The zero-order valence-electron chi connectivity index (χ0n) is 9.04. The summed E-state index contributed by atoms with van der Waals surface area (Å²) in [5.41, 5.74) is 0.452. The number of ether oxygens (including phenoxy) is 2. The second kappa shape index (κ2) is 4.83. The first-order valence-electron chi connectivity index (χ1n) is 5.24. The Bertz CT molecular complexity index is 375. The van der Waals surface area contributed by atoms with E-state index < -0.39 is 6.36 Å². The molecule has 0 N–H and O–H groups in total. The van der Waals surface area contributed by atoms with Gasteiger partial charge in [0.15, 0.2) is 5.75 Å². The van der Waals surface area contributed by atoms with Gasteiger partial charge in [0, 0.05) is 13.1 Å². The van der Waals surface area contributed by atoms with Crippen LogP contribution in [0.15, 0.2) is 24.3 Å². The third-order valence-electron chi connectivity index (χ3n) is 2.44. The highest BCUT2D eigenvalue weighted by molar-refractivity contribution is 5.58. The van der Waals surface area contributed by atoms with Crippen LogP contribution in [0.1, 0.15) is 0 Å². The third-order valence-corrected chi connectivity index (χ3v) is 2.44. The molecule has 1 fully saturated rings. The summed E-state index contributed by atoms with van der Waals surface area (Å²) in [6, 6.07) is 6.14. The minimum absolute atomic E-state index is 0.165. The van der Waals surface area contributed by atoms with Gasteiger partial charge in [-0.1, -0.05) is 12.1 Å². The standard InChI is InChI=1S/C11H12F3NO2/c12-11(13,14)17-10-4-2-1-3-9(10)15-5-7-16-8-6-15/h1-4H,5-8H2. The van der Waals surface area contributed by atoms with Gasteiger partial charge in [0.2, 0.25) is 0 Å². The Hall–Kier alpha value is -1.43. The van der Waals surface area contributed by atoms with Crippen molar-refractivity contribution in [3.63, 3.8) is 0 Å². The van der Waals surface area contributed by atoms with E-state index in [1.807, 2.05) is 4.90 Å². The predicted octanol–water partition coefficient (Wildman–Crippen LogP) is 2.42. The number of anilines is 1. The number of rotatable bonds is 2. The molecule has 3 nitrogen and oxygen atoms in total. The minimum atomic E-state index is -4.66. The molecule has 0 bridgehead atoms. The molecule has 94 valence electrons.